The van der Waals surface area contributed by atoms with Gasteiger partial charge < -0.3 is 0 Å². The number of anilines is 1. The molecule has 0 spiro atoms. The Labute approximate surface area is 97.8 Å². The summed E-state index contributed by atoms with van der Waals surface area (Å²) in [7, 11) is -7.68. The summed E-state index contributed by atoms with van der Waals surface area (Å²) in [5.41, 5.74) is 0. The van der Waals surface area contributed by atoms with Crippen molar-refractivity contribution in [2.75, 3.05) is 16.1 Å². The molecule has 1 rings (SSSR count). The van der Waals surface area contributed by atoms with Crippen molar-refractivity contribution in [3.8, 4) is 0 Å². The number of aromatic nitrogens is 2. The van der Waals surface area contributed by atoms with Gasteiger partial charge in [0.15, 0.2) is 14.9 Å². The highest BCUT2D eigenvalue weighted by Gasteiger charge is 2.19. The van der Waals surface area contributed by atoms with E-state index < -0.39 is 24.9 Å². The minimum atomic E-state index is -4.03. The predicted molar refractivity (Wildman–Crippen MR) is 59.3 cm³/mol. The molecule has 16 heavy (non-hydrogen) atoms. The first-order valence-electron chi connectivity index (χ1n) is 3.85. The van der Waals surface area contributed by atoms with Crippen LogP contribution in [0.3, 0.4) is 0 Å². The van der Waals surface area contributed by atoms with Gasteiger partial charge in [-0.1, -0.05) is 11.6 Å². The van der Waals surface area contributed by atoms with Gasteiger partial charge in [-0.2, -0.15) is 0 Å². The normalized spacial score (nSPS) is 12.4. The molecule has 0 saturated carbocycles. The maximum absolute atomic E-state index is 11.3. The summed E-state index contributed by atoms with van der Waals surface area (Å²) < 4.78 is 46.2. The average Bonchev–Trinajstić information content (AvgIpc) is 1.96. The van der Waals surface area contributed by atoms with Crippen molar-refractivity contribution in [2.24, 2.45) is 0 Å². The highest BCUT2D eigenvalue weighted by Crippen LogP contribution is 2.08. The van der Waals surface area contributed by atoms with E-state index in [4.69, 9.17) is 11.6 Å². The second-order valence-corrected chi connectivity index (χ2v) is 7.58. The second-order valence-electron chi connectivity index (χ2n) is 2.96. The van der Waals surface area contributed by atoms with Crippen LogP contribution < -0.4 is 4.72 Å². The van der Waals surface area contributed by atoms with E-state index in [1.54, 1.807) is 0 Å². The summed E-state index contributed by atoms with van der Waals surface area (Å²) in [4.78, 5) is 7.13. The Morgan fingerprint density at radius 1 is 1.38 bits per heavy atom. The van der Waals surface area contributed by atoms with Crippen LogP contribution in [0.2, 0.25) is 5.15 Å². The molecular weight excluding hydrogens is 278 g/mol. The number of nitrogens with zero attached hydrogens (tertiary/aromatic N) is 2. The predicted octanol–water partition coefficient (Wildman–Crippen LogP) is -0.126. The molecule has 1 aromatic heterocycles. The van der Waals surface area contributed by atoms with Crippen LogP contribution in [-0.2, 0) is 19.9 Å². The molecule has 0 bridgehead atoms. The summed E-state index contributed by atoms with van der Waals surface area (Å²) in [6, 6.07) is 1.36. The van der Waals surface area contributed by atoms with Crippen molar-refractivity contribution < 1.29 is 16.8 Å². The summed E-state index contributed by atoms with van der Waals surface area (Å²) in [5, 5.41) is -0.984. The van der Waals surface area contributed by atoms with Gasteiger partial charge in [0.05, 0.1) is 0 Å². The number of sulfonamides is 1. The van der Waals surface area contributed by atoms with Crippen LogP contribution in [0.1, 0.15) is 0 Å². The molecular formula is C6H8ClN3O4S2. The molecule has 0 amide bonds. The fourth-order valence-electron chi connectivity index (χ4n) is 0.836. The fraction of sp³-hybridized carbons (Fsp3) is 0.333. The number of rotatable bonds is 4. The number of hydrogen-bond acceptors (Lipinski definition) is 6. The monoisotopic (exact) mass is 285 g/mol. The molecule has 0 atom stereocenters. The van der Waals surface area contributed by atoms with E-state index in [0.717, 1.165) is 6.26 Å². The van der Waals surface area contributed by atoms with E-state index in [1.807, 2.05) is 4.72 Å². The molecule has 0 saturated heterocycles. The van der Waals surface area contributed by atoms with Crippen molar-refractivity contribution in [3.63, 3.8) is 0 Å². The summed E-state index contributed by atoms with van der Waals surface area (Å²) >= 11 is 5.50. The smallest absolute Gasteiger partial charge is 0.249 e. The summed E-state index contributed by atoms with van der Waals surface area (Å²) in [6.45, 7) is 0. The highest BCUT2D eigenvalue weighted by atomic mass is 35.5. The first kappa shape index (κ1) is 13.1. The number of sulfone groups is 1. The Morgan fingerprint density at radius 3 is 2.50 bits per heavy atom. The third kappa shape index (κ3) is 4.73. The standard InChI is InChI=1S/C6H8ClN3O4S2/c1-15(11,12)4-16(13,14)10-6-8-3-2-5(7)9-6/h2-3H,4H2,1H3,(H,8,9,10). The van der Waals surface area contributed by atoms with Crippen molar-refractivity contribution >= 4 is 37.4 Å². The third-order valence-corrected chi connectivity index (χ3v) is 4.90. The van der Waals surface area contributed by atoms with E-state index in [1.165, 1.54) is 12.3 Å². The number of halogens is 1. The average molecular weight is 286 g/mol. The Kier molecular flexibility index (Phi) is 3.71. The zero-order valence-corrected chi connectivity index (χ0v) is 10.5. The van der Waals surface area contributed by atoms with Gasteiger partial charge in [-0.3, -0.25) is 4.72 Å². The molecule has 0 unspecified atom stereocenters. The molecule has 0 aliphatic heterocycles. The summed E-state index contributed by atoms with van der Waals surface area (Å²) in [5.74, 6) is -0.267. The lowest BCUT2D eigenvalue weighted by Gasteiger charge is -2.04. The largest absolute Gasteiger partial charge is 0.250 e. The number of hydrogen-bond donors (Lipinski definition) is 1. The molecule has 0 radical (unpaired) electrons. The van der Waals surface area contributed by atoms with Crippen molar-refractivity contribution in [1.82, 2.24) is 9.97 Å². The summed E-state index contributed by atoms with van der Waals surface area (Å²) in [6.07, 6.45) is 2.05. The lowest BCUT2D eigenvalue weighted by Crippen LogP contribution is -2.23. The van der Waals surface area contributed by atoms with Crippen LogP contribution >= 0.6 is 11.6 Å². The van der Waals surface area contributed by atoms with Gasteiger partial charge in [0.25, 0.3) is 0 Å². The van der Waals surface area contributed by atoms with Crippen molar-refractivity contribution in [2.45, 2.75) is 0 Å². The van der Waals surface area contributed by atoms with Crippen molar-refractivity contribution in [3.05, 3.63) is 17.4 Å². The number of nitrogens with one attached hydrogen (secondary N) is 1. The molecule has 0 aliphatic rings. The fourth-order valence-corrected chi connectivity index (χ4v) is 3.84. The molecule has 1 N–H and O–H groups in total. The second kappa shape index (κ2) is 4.52. The van der Waals surface area contributed by atoms with Crippen LogP contribution in [0.5, 0.6) is 0 Å². The van der Waals surface area contributed by atoms with E-state index >= 15 is 0 Å². The van der Waals surface area contributed by atoms with Gasteiger partial charge in [0.2, 0.25) is 16.0 Å². The van der Waals surface area contributed by atoms with E-state index in [9.17, 15) is 16.8 Å². The first-order chi connectivity index (χ1) is 7.18. The van der Waals surface area contributed by atoms with Crippen LogP contribution in [0.4, 0.5) is 5.95 Å². The molecule has 1 aromatic rings. The topological polar surface area (TPSA) is 106 Å². The Balaban J connectivity index is 2.90. The highest BCUT2D eigenvalue weighted by molar-refractivity contribution is 8.08. The Hall–Kier alpha value is -0.930. The van der Waals surface area contributed by atoms with Gasteiger partial charge in [-0.15, -0.1) is 0 Å². The minimum Gasteiger partial charge on any atom is -0.250 e. The van der Waals surface area contributed by atoms with E-state index in [-0.39, 0.29) is 11.1 Å². The molecule has 90 valence electrons. The maximum atomic E-state index is 11.3. The van der Waals surface area contributed by atoms with Gasteiger partial charge in [0.1, 0.15) is 5.15 Å². The maximum Gasteiger partial charge on any atom is 0.249 e. The molecule has 0 aliphatic carbocycles. The molecule has 0 aromatic carbocycles. The van der Waals surface area contributed by atoms with Crippen LogP contribution in [-0.4, -0.2) is 38.1 Å². The quantitative estimate of drug-likeness (QED) is 0.773. The third-order valence-electron chi connectivity index (χ3n) is 1.24. The van der Waals surface area contributed by atoms with Crippen molar-refractivity contribution in [1.29, 1.82) is 0 Å². The lowest BCUT2D eigenvalue weighted by molar-refractivity contribution is 0.594. The van der Waals surface area contributed by atoms with Crippen LogP contribution in [0.25, 0.3) is 0 Å². The zero-order chi connectivity index (χ0) is 12.4. The van der Waals surface area contributed by atoms with Gasteiger partial charge in [-0.25, -0.2) is 26.8 Å². The first-order valence-corrected chi connectivity index (χ1v) is 7.94. The van der Waals surface area contributed by atoms with Gasteiger partial charge in [-0.05, 0) is 6.07 Å². The van der Waals surface area contributed by atoms with Crippen LogP contribution in [0, 0.1) is 0 Å². The SMILES string of the molecule is CS(=O)(=O)CS(=O)(=O)Nc1nccc(Cl)n1. The molecule has 1 heterocycles. The van der Waals surface area contributed by atoms with Gasteiger partial charge in [0, 0.05) is 12.5 Å². The Bertz CT molecular complexity index is 584. The molecule has 0 fully saturated rings. The molecule has 7 nitrogen and oxygen atoms in total. The van der Waals surface area contributed by atoms with E-state index in [2.05, 4.69) is 9.97 Å². The molecule has 10 heteroatoms. The lowest BCUT2D eigenvalue weighted by atomic mass is 10.7. The van der Waals surface area contributed by atoms with Crippen LogP contribution in [0.15, 0.2) is 12.3 Å². The van der Waals surface area contributed by atoms with Gasteiger partial charge >= 0.3 is 0 Å². The van der Waals surface area contributed by atoms with E-state index in [0.29, 0.717) is 0 Å². The minimum absolute atomic E-state index is 0.0482. The zero-order valence-electron chi connectivity index (χ0n) is 8.08. The Morgan fingerprint density at radius 2 is 2.00 bits per heavy atom.